The lowest BCUT2D eigenvalue weighted by atomic mass is 10.2. The first-order chi connectivity index (χ1) is 10.6. The molecule has 3 aromatic heterocycles. The molecule has 3 heterocycles. The molecule has 0 fully saturated rings. The van der Waals surface area contributed by atoms with Gasteiger partial charge in [0.15, 0.2) is 0 Å². The molecule has 0 spiro atoms. The van der Waals surface area contributed by atoms with Gasteiger partial charge in [-0.1, -0.05) is 0 Å². The second kappa shape index (κ2) is 6.31. The number of aromatic nitrogens is 3. The van der Waals surface area contributed by atoms with E-state index >= 15 is 0 Å². The molecule has 0 atom stereocenters. The van der Waals surface area contributed by atoms with Crippen LogP contribution in [0.15, 0.2) is 38.9 Å². The lowest BCUT2D eigenvalue weighted by molar-refractivity contribution is 0.414. The summed E-state index contributed by atoms with van der Waals surface area (Å²) in [4.78, 5) is 13.4. The van der Waals surface area contributed by atoms with E-state index in [2.05, 4.69) is 46.8 Å². The summed E-state index contributed by atoms with van der Waals surface area (Å²) in [5, 5.41) is 2.71. The van der Waals surface area contributed by atoms with E-state index in [-0.39, 0.29) is 0 Å². The molecule has 0 aliphatic rings. The van der Waals surface area contributed by atoms with Gasteiger partial charge in [0.2, 0.25) is 0 Å². The maximum atomic E-state index is 6.09. The van der Waals surface area contributed by atoms with E-state index in [1.54, 1.807) is 25.4 Å². The number of nitrogen functional groups attached to an aromatic ring is 1. The third kappa shape index (κ3) is 2.99. The van der Waals surface area contributed by atoms with Crippen LogP contribution in [0.2, 0.25) is 0 Å². The molecule has 2 N–H and O–H groups in total. The van der Waals surface area contributed by atoms with E-state index in [1.165, 1.54) is 11.3 Å². The summed E-state index contributed by atoms with van der Waals surface area (Å²) < 4.78 is 6.63. The lowest BCUT2D eigenvalue weighted by Gasteiger charge is -2.10. The van der Waals surface area contributed by atoms with Crippen LogP contribution in [-0.4, -0.2) is 22.1 Å². The molecule has 22 heavy (non-hydrogen) atoms. The Bertz CT molecular complexity index is 824. The summed E-state index contributed by atoms with van der Waals surface area (Å²) in [6, 6.07) is 5.38. The molecule has 0 amide bonds. The van der Waals surface area contributed by atoms with Gasteiger partial charge >= 0.3 is 0 Å². The van der Waals surface area contributed by atoms with Crippen molar-refractivity contribution in [1.82, 2.24) is 15.0 Å². The van der Waals surface area contributed by atoms with E-state index in [1.807, 2.05) is 11.4 Å². The van der Waals surface area contributed by atoms with E-state index in [0.29, 0.717) is 37.6 Å². The predicted octanol–water partition coefficient (Wildman–Crippen LogP) is 4.38. The highest BCUT2D eigenvalue weighted by Gasteiger charge is 2.15. The largest absolute Gasteiger partial charge is 0.497 e. The first-order valence-corrected chi connectivity index (χ1v) is 8.63. The highest BCUT2D eigenvalue weighted by Crippen LogP contribution is 2.35. The summed E-state index contributed by atoms with van der Waals surface area (Å²) >= 11 is 8.37. The topological polar surface area (TPSA) is 73.9 Å². The zero-order chi connectivity index (χ0) is 15.7. The number of thiazole rings is 1. The smallest absolute Gasteiger partial charge is 0.141 e. The number of methoxy groups -OCH3 is 1. The van der Waals surface area contributed by atoms with E-state index in [4.69, 9.17) is 10.5 Å². The maximum absolute atomic E-state index is 6.09. The second-order valence-electron chi connectivity index (χ2n) is 4.31. The Morgan fingerprint density at radius 2 is 1.95 bits per heavy atom. The fourth-order valence-corrected chi connectivity index (χ4v) is 3.31. The van der Waals surface area contributed by atoms with Gasteiger partial charge in [-0.15, -0.1) is 11.3 Å². The van der Waals surface area contributed by atoms with E-state index in [0.717, 1.165) is 5.01 Å². The number of ether oxygens (including phenoxy) is 1. The van der Waals surface area contributed by atoms with Crippen molar-refractivity contribution in [2.45, 2.75) is 0 Å². The van der Waals surface area contributed by atoms with Crippen molar-refractivity contribution in [3.63, 3.8) is 0 Å². The average Bonchev–Trinajstić information content (AvgIpc) is 3.03. The van der Waals surface area contributed by atoms with Crippen LogP contribution in [0.4, 0.5) is 5.69 Å². The van der Waals surface area contributed by atoms with Gasteiger partial charge in [-0.05, 0) is 37.9 Å². The van der Waals surface area contributed by atoms with Crippen molar-refractivity contribution in [2.75, 3.05) is 12.8 Å². The third-order valence-corrected chi connectivity index (χ3v) is 4.92. The van der Waals surface area contributed by atoms with Gasteiger partial charge in [-0.3, -0.25) is 0 Å². The van der Waals surface area contributed by atoms with Crippen LogP contribution in [-0.2, 0) is 0 Å². The first-order valence-electron chi connectivity index (χ1n) is 6.16. The van der Waals surface area contributed by atoms with E-state index in [9.17, 15) is 0 Å². The SMILES string of the molecule is COc1cc(Br)nc(-c2nc(-c3nccs3)cc(N)c2Br)c1. The van der Waals surface area contributed by atoms with Gasteiger partial charge in [0.25, 0.3) is 0 Å². The Kier molecular flexibility index (Phi) is 4.42. The molecule has 0 radical (unpaired) electrons. The van der Waals surface area contributed by atoms with Crippen molar-refractivity contribution in [1.29, 1.82) is 0 Å². The molecule has 0 aliphatic heterocycles. The van der Waals surface area contributed by atoms with Crippen LogP contribution in [0.25, 0.3) is 22.1 Å². The van der Waals surface area contributed by atoms with Crippen LogP contribution in [0.5, 0.6) is 5.75 Å². The van der Waals surface area contributed by atoms with Gasteiger partial charge in [-0.2, -0.15) is 0 Å². The van der Waals surface area contributed by atoms with Crippen LogP contribution < -0.4 is 10.5 Å². The molecule has 112 valence electrons. The molecular weight excluding hydrogens is 432 g/mol. The number of hydrogen-bond donors (Lipinski definition) is 1. The monoisotopic (exact) mass is 440 g/mol. The standard InChI is InChI=1S/C14H10Br2N4OS/c1-21-7-4-9(19-11(15)5-7)13-12(16)8(17)6-10(20-13)14-18-2-3-22-14/h2-6H,1H3,(H2,17,20). The van der Waals surface area contributed by atoms with Gasteiger partial charge < -0.3 is 10.5 Å². The number of pyridine rings is 2. The molecule has 0 bridgehead atoms. The normalized spacial score (nSPS) is 10.7. The minimum atomic E-state index is 0.580. The van der Waals surface area contributed by atoms with Crippen molar-refractivity contribution in [3.05, 3.63) is 38.9 Å². The molecule has 0 aliphatic carbocycles. The molecular formula is C14H10Br2N4OS. The van der Waals surface area contributed by atoms with E-state index < -0.39 is 0 Å². The fraction of sp³-hybridized carbons (Fsp3) is 0.0714. The lowest BCUT2D eigenvalue weighted by Crippen LogP contribution is -1.98. The average molecular weight is 442 g/mol. The number of hydrogen-bond acceptors (Lipinski definition) is 6. The second-order valence-corrected chi connectivity index (χ2v) is 6.81. The summed E-state index contributed by atoms with van der Waals surface area (Å²) in [6.45, 7) is 0. The van der Waals surface area contributed by atoms with Crippen LogP contribution in [0, 0.1) is 0 Å². The van der Waals surface area contributed by atoms with Gasteiger partial charge in [0.05, 0.1) is 23.0 Å². The van der Waals surface area contributed by atoms with Gasteiger partial charge in [-0.25, -0.2) is 15.0 Å². The molecule has 0 aromatic carbocycles. The zero-order valence-corrected chi connectivity index (χ0v) is 15.4. The molecule has 0 saturated carbocycles. The van der Waals surface area contributed by atoms with Crippen molar-refractivity contribution < 1.29 is 4.74 Å². The molecule has 0 unspecified atom stereocenters. The third-order valence-electron chi connectivity index (χ3n) is 2.88. The summed E-state index contributed by atoms with van der Waals surface area (Å²) in [6.07, 6.45) is 1.74. The minimum absolute atomic E-state index is 0.580. The highest BCUT2D eigenvalue weighted by molar-refractivity contribution is 9.11. The molecule has 0 saturated heterocycles. The van der Waals surface area contributed by atoms with Crippen molar-refractivity contribution in [2.24, 2.45) is 0 Å². The first kappa shape index (κ1) is 15.4. The maximum Gasteiger partial charge on any atom is 0.141 e. The van der Waals surface area contributed by atoms with Gasteiger partial charge in [0, 0.05) is 23.7 Å². The zero-order valence-electron chi connectivity index (χ0n) is 11.4. The predicted molar refractivity (Wildman–Crippen MR) is 94.9 cm³/mol. The fourth-order valence-electron chi connectivity index (χ4n) is 1.89. The Balaban J connectivity index is 2.20. The molecule has 5 nitrogen and oxygen atoms in total. The minimum Gasteiger partial charge on any atom is -0.497 e. The Labute approximate surface area is 147 Å². The number of nitrogens with zero attached hydrogens (tertiary/aromatic N) is 3. The van der Waals surface area contributed by atoms with Crippen LogP contribution in [0.3, 0.4) is 0 Å². The molecule has 3 aromatic rings. The summed E-state index contributed by atoms with van der Waals surface area (Å²) in [5.41, 5.74) is 8.69. The van der Waals surface area contributed by atoms with Crippen molar-refractivity contribution in [3.8, 4) is 27.8 Å². The number of halogens is 2. The number of nitrogens with two attached hydrogens (primary N) is 1. The highest BCUT2D eigenvalue weighted by atomic mass is 79.9. The number of anilines is 1. The Hall–Kier alpha value is -1.51. The van der Waals surface area contributed by atoms with Crippen LogP contribution >= 0.6 is 43.2 Å². The Morgan fingerprint density at radius 3 is 2.64 bits per heavy atom. The number of rotatable bonds is 3. The summed E-state index contributed by atoms with van der Waals surface area (Å²) in [5.74, 6) is 0.684. The van der Waals surface area contributed by atoms with Gasteiger partial charge in [0.1, 0.15) is 26.7 Å². The van der Waals surface area contributed by atoms with Crippen LogP contribution in [0.1, 0.15) is 0 Å². The quantitative estimate of drug-likeness (QED) is 0.610. The summed E-state index contributed by atoms with van der Waals surface area (Å²) in [7, 11) is 1.61. The molecule has 8 heteroatoms. The molecule has 3 rings (SSSR count). The van der Waals surface area contributed by atoms with Crippen molar-refractivity contribution >= 4 is 48.9 Å². The Morgan fingerprint density at radius 1 is 1.14 bits per heavy atom.